The second-order valence-electron chi connectivity index (χ2n) is 12.7. The minimum Gasteiger partial charge on any atom is -0.489 e. The highest BCUT2D eigenvalue weighted by Gasteiger charge is 2.74. The van der Waals surface area contributed by atoms with Gasteiger partial charge in [-0.2, -0.15) is 0 Å². The second-order valence-corrected chi connectivity index (χ2v) is 12.7. The number of aliphatic hydroxyl groups is 1. The number of methoxy groups -OCH3 is 1. The monoisotopic (exact) mass is 586 g/mol. The molecular formula is C31H38O11. The summed E-state index contributed by atoms with van der Waals surface area (Å²) >= 11 is 0. The molecule has 0 amide bonds. The van der Waals surface area contributed by atoms with Gasteiger partial charge in [-0.15, -0.1) is 0 Å². The Hall–Kier alpha value is -3.60. The maximum Gasteiger partial charge on any atom is 0.331 e. The Morgan fingerprint density at radius 2 is 1.71 bits per heavy atom. The van der Waals surface area contributed by atoms with Crippen molar-refractivity contribution in [3.63, 3.8) is 0 Å². The normalized spacial score (nSPS) is 38.2. The molecule has 1 aromatic heterocycles. The van der Waals surface area contributed by atoms with Crippen molar-refractivity contribution in [3.8, 4) is 0 Å². The van der Waals surface area contributed by atoms with Gasteiger partial charge in [-0.3, -0.25) is 14.4 Å². The van der Waals surface area contributed by atoms with Crippen molar-refractivity contribution in [2.45, 2.75) is 85.4 Å². The zero-order valence-corrected chi connectivity index (χ0v) is 25.1. The summed E-state index contributed by atoms with van der Waals surface area (Å²) < 4.78 is 34.9. The molecule has 1 saturated heterocycles. The molecule has 42 heavy (non-hydrogen) atoms. The third kappa shape index (κ3) is 4.11. The Labute approximate surface area is 244 Å². The van der Waals surface area contributed by atoms with Crippen molar-refractivity contribution in [2.75, 3.05) is 7.11 Å². The van der Waals surface area contributed by atoms with Crippen molar-refractivity contribution < 1.29 is 52.4 Å². The van der Waals surface area contributed by atoms with Crippen LogP contribution in [0.3, 0.4) is 0 Å². The zero-order valence-electron chi connectivity index (χ0n) is 25.1. The van der Waals surface area contributed by atoms with Crippen molar-refractivity contribution in [2.24, 2.45) is 28.1 Å². The lowest BCUT2D eigenvalue weighted by Crippen LogP contribution is -2.68. The molecule has 1 aromatic rings. The van der Waals surface area contributed by atoms with Gasteiger partial charge in [-0.05, 0) is 43.0 Å². The van der Waals surface area contributed by atoms with Gasteiger partial charge in [0.25, 0.3) is 0 Å². The maximum atomic E-state index is 12.9. The molecule has 0 bridgehead atoms. The lowest BCUT2D eigenvalue weighted by atomic mass is 9.46. The minimum atomic E-state index is -1.21. The van der Waals surface area contributed by atoms with Crippen LogP contribution in [0.5, 0.6) is 0 Å². The fraction of sp³-hybridized carbons (Fsp3) is 0.613. The molecule has 2 aliphatic carbocycles. The smallest absolute Gasteiger partial charge is 0.331 e. The molecule has 3 heterocycles. The lowest BCUT2D eigenvalue weighted by Gasteiger charge is -2.59. The minimum absolute atomic E-state index is 0.0873. The molecule has 0 spiro atoms. The van der Waals surface area contributed by atoms with Crippen LogP contribution >= 0.6 is 0 Å². The van der Waals surface area contributed by atoms with Gasteiger partial charge in [-0.1, -0.05) is 20.8 Å². The van der Waals surface area contributed by atoms with Crippen molar-refractivity contribution >= 4 is 23.9 Å². The molecule has 0 radical (unpaired) electrons. The van der Waals surface area contributed by atoms with E-state index in [1.165, 1.54) is 33.3 Å². The summed E-state index contributed by atoms with van der Waals surface area (Å²) in [6.07, 6.45) is -2.41. The van der Waals surface area contributed by atoms with Gasteiger partial charge in [0, 0.05) is 37.2 Å². The van der Waals surface area contributed by atoms with Crippen LogP contribution < -0.4 is 0 Å². The molecule has 1 N–H and O–H groups in total. The number of furan rings is 1. The number of carbonyl (C=O) groups is 4. The second kappa shape index (κ2) is 10.00. The summed E-state index contributed by atoms with van der Waals surface area (Å²) in [5.41, 5.74) is -2.04. The molecule has 5 rings (SSSR count). The van der Waals surface area contributed by atoms with Gasteiger partial charge in [0.2, 0.25) is 0 Å². The number of aliphatic hydroxyl groups excluding tert-OH is 1. The van der Waals surface area contributed by atoms with E-state index in [0.29, 0.717) is 22.7 Å². The van der Waals surface area contributed by atoms with Crippen LogP contribution in [0.1, 0.15) is 66.8 Å². The molecule has 2 fully saturated rings. The molecule has 1 saturated carbocycles. The largest absolute Gasteiger partial charge is 0.489 e. The number of cyclic esters (lactones) is 1. The molecule has 9 atom stereocenters. The van der Waals surface area contributed by atoms with E-state index < -0.39 is 82.5 Å². The van der Waals surface area contributed by atoms with E-state index in [9.17, 15) is 24.3 Å². The summed E-state index contributed by atoms with van der Waals surface area (Å²) in [5, 5.41) is 12.5. The predicted molar refractivity (Wildman–Crippen MR) is 144 cm³/mol. The summed E-state index contributed by atoms with van der Waals surface area (Å²) in [6.45, 7) is 11.7. The number of ether oxygens (including phenoxy) is 5. The number of allylic oxidation sites excluding steroid dienone is 1. The van der Waals surface area contributed by atoms with Crippen LogP contribution in [-0.2, 0) is 42.9 Å². The quantitative estimate of drug-likeness (QED) is 0.399. The first-order chi connectivity index (χ1) is 19.6. The first-order valence-corrected chi connectivity index (χ1v) is 14.0. The summed E-state index contributed by atoms with van der Waals surface area (Å²) in [5.74, 6) is -2.83. The number of carbonyl (C=O) groups excluding carboxylic acids is 4. The van der Waals surface area contributed by atoms with Gasteiger partial charge in [-0.25, -0.2) is 4.79 Å². The third-order valence-corrected chi connectivity index (χ3v) is 10.1. The Kier molecular flexibility index (Phi) is 7.11. The van der Waals surface area contributed by atoms with E-state index >= 15 is 0 Å². The van der Waals surface area contributed by atoms with E-state index in [1.807, 2.05) is 34.6 Å². The fourth-order valence-corrected chi connectivity index (χ4v) is 8.25. The Morgan fingerprint density at radius 1 is 1.05 bits per heavy atom. The SMILES string of the molecule is COC(=O)C[C@H]1C(C)(C)[C@H](OC(C)=O)[C@H](OC(C)=O)[C@@H]2OC3=C(C)C4=CC(=O)O[C@@H](c5ccco5)[C@]4(C)[C@@H](O)[C@@H]3[C@@]21C. The molecule has 228 valence electrons. The summed E-state index contributed by atoms with van der Waals surface area (Å²) in [6, 6.07) is 3.37. The fourth-order valence-electron chi connectivity index (χ4n) is 8.25. The highest BCUT2D eigenvalue weighted by molar-refractivity contribution is 5.86. The first kappa shape index (κ1) is 29.9. The number of fused-ring (bicyclic) bond motifs is 4. The van der Waals surface area contributed by atoms with Crippen LogP contribution in [0.4, 0.5) is 0 Å². The Morgan fingerprint density at radius 3 is 2.29 bits per heavy atom. The topological polar surface area (TPSA) is 148 Å². The first-order valence-electron chi connectivity index (χ1n) is 14.0. The van der Waals surface area contributed by atoms with Crippen LogP contribution in [0.2, 0.25) is 0 Å². The predicted octanol–water partition coefficient (Wildman–Crippen LogP) is 3.56. The van der Waals surface area contributed by atoms with E-state index in [1.54, 1.807) is 12.1 Å². The Balaban J connectivity index is 1.76. The zero-order chi connectivity index (χ0) is 30.9. The van der Waals surface area contributed by atoms with E-state index in [-0.39, 0.29) is 6.42 Å². The molecule has 0 aromatic carbocycles. The standard InChI is InChI=1S/C31H38O11/c1-14-17-12-21(35)41-26(18-10-9-11-38-18)30(17,6)25(36)22-23(14)42-28-24(39-15(2)32)27(40-16(3)33)29(4,5)19(31(22,28)7)13-20(34)37-8/h9-12,19,22,24-28,36H,13H2,1-8H3/t19-,22+,24-,25-,26-,27+,28-,30-,31-/m0/s1. The highest BCUT2D eigenvalue weighted by Crippen LogP contribution is 2.69. The van der Waals surface area contributed by atoms with Crippen molar-refractivity contribution in [3.05, 3.63) is 47.1 Å². The molecule has 4 aliphatic rings. The average Bonchev–Trinajstić information content (AvgIpc) is 3.54. The number of hydrogen-bond donors (Lipinski definition) is 1. The summed E-state index contributed by atoms with van der Waals surface area (Å²) in [4.78, 5) is 50.5. The van der Waals surface area contributed by atoms with Gasteiger partial charge >= 0.3 is 23.9 Å². The summed E-state index contributed by atoms with van der Waals surface area (Å²) in [7, 11) is 1.29. The average molecular weight is 587 g/mol. The number of rotatable bonds is 5. The van der Waals surface area contributed by atoms with Crippen LogP contribution in [0, 0.1) is 28.1 Å². The third-order valence-electron chi connectivity index (χ3n) is 10.1. The molecule has 2 aliphatic heterocycles. The molecule has 11 nitrogen and oxygen atoms in total. The highest BCUT2D eigenvalue weighted by atomic mass is 16.6. The van der Waals surface area contributed by atoms with Gasteiger partial charge in [0.05, 0.1) is 30.8 Å². The van der Waals surface area contributed by atoms with Crippen LogP contribution in [0.25, 0.3) is 0 Å². The number of hydrogen-bond acceptors (Lipinski definition) is 11. The van der Waals surface area contributed by atoms with Gasteiger partial charge < -0.3 is 33.2 Å². The molecule has 0 unspecified atom stereocenters. The van der Waals surface area contributed by atoms with Crippen LogP contribution in [-0.4, -0.2) is 60.5 Å². The van der Waals surface area contributed by atoms with E-state index in [0.717, 1.165) is 0 Å². The molecular weight excluding hydrogens is 548 g/mol. The molecule has 11 heteroatoms. The van der Waals surface area contributed by atoms with Crippen molar-refractivity contribution in [1.29, 1.82) is 0 Å². The van der Waals surface area contributed by atoms with Gasteiger partial charge in [0.1, 0.15) is 23.7 Å². The van der Waals surface area contributed by atoms with E-state index in [2.05, 4.69) is 0 Å². The maximum absolute atomic E-state index is 12.9. The van der Waals surface area contributed by atoms with Crippen LogP contribution in [0.15, 0.2) is 45.8 Å². The van der Waals surface area contributed by atoms with Crippen molar-refractivity contribution in [1.82, 2.24) is 0 Å². The number of esters is 4. The Bertz CT molecular complexity index is 1370. The van der Waals surface area contributed by atoms with E-state index in [4.69, 9.17) is 28.1 Å². The van der Waals surface area contributed by atoms with Gasteiger partial charge in [0.15, 0.2) is 12.2 Å². The lowest BCUT2D eigenvalue weighted by molar-refractivity contribution is -0.240.